The lowest BCUT2D eigenvalue weighted by molar-refractivity contribution is -0.124. The smallest absolute Gasteiger partial charge is 0.411 e. The van der Waals surface area contributed by atoms with Crippen LogP contribution in [0.4, 0.5) is 4.79 Å². The molecule has 1 aliphatic heterocycles. The van der Waals surface area contributed by atoms with Crippen LogP contribution in [0.15, 0.2) is 36.8 Å². The summed E-state index contributed by atoms with van der Waals surface area (Å²) in [5.41, 5.74) is 0.904. The first-order valence-electron chi connectivity index (χ1n) is 7.72. The number of ether oxygens (including phenoxy) is 1. The molecule has 0 radical (unpaired) electrons. The zero-order valence-electron chi connectivity index (χ0n) is 13.4. The van der Waals surface area contributed by atoms with Crippen molar-refractivity contribution in [1.29, 1.82) is 0 Å². The van der Waals surface area contributed by atoms with E-state index in [1.165, 1.54) is 4.90 Å². The summed E-state index contributed by atoms with van der Waals surface area (Å²) in [6.07, 6.45) is 5.29. The molecule has 24 heavy (non-hydrogen) atoms. The highest BCUT2D eigenvalue weighted by molar-refractivity contribution is 5.87. The fourth-order valence-corrected chi connectivity index (χ4v) is 2.52. The molecule has 2 aromatic rings. The lowest BCUT2D eigenvalue weighted by Crippen LogP contribution is -2.46. The van der Waals surface area contributed by atoms with Gasteiger partial charge in [0.1, 0.15) is 18.5 Å². The number of carbonyl (C=O) groups excluding carboxylic acids is 2. The maximum Gasteiger partial charge on any atom is 0.411 e. The van der Waals surface area contributed by atoms with Gasteiger partial charge in [-0.05, 0) is 12.1 Å². The summed E-state index contributed by atoms with van der Waals surface area (Å²) < 4.78 is 6.84. The second-order valence-corrected chi connectivity index (χ2v) is 5.54. The molecule has 0 spiro atoms. The molecule has 0 unspecified atom stereocenters. The van der Waals surface area contributed by atoms with Gasteiger partial charge in [0.05, 0.1) is 6.54 Å². The molecule has 1 atom stereocenters. The lowest BCUT2D eigenvalue weighted by atomic mass is 10.2. The Morgan fingerprint density at radius 1 is 1.38 bits per heavy atom. The van der Waals surface area contributed by atoms with Crippen molar-refractivity contribution < 1.29 is 14.3 Å². The van der Waals surface area contributed by atoms with Crippen LogP contribution in [-0.4, -0.2) is 50.6 Å². The van der Waals surface area contributed by atoms with Crippen molar-refractivity contribution in [1.82, 2.24) is 24.8 Å². The van der Waals surface area contributed by atoms with Crippen molar-refractivity contribution in [2.24, 2.45) is 7.05 Å². The summed E-state index contributed by atoms with van der Waals surface area (Å²) in [7, 11) is 1.84. The highest BCUT2D eigenvalue weighted by Crippen LogP contribution is 2.16. The fraction of sp³-hybridized carbons (Fsp3) is 0.375. The molecule has 0 bridgehead atoms. The van der Waals surface area contributed by atoms with E-state index in [0.29, 0.717) is 18.8 Å². The van der Waals surface area contributed by atoms with Gasteiger partial charge in [0.2, 0.25) is 5.91 Å². The van der Waals surface area contributed by atoms with Crippen LogP contribution in [0.1, 0.15) is 11.5 Å². The Morgan fingerprint density at radius 2 is 2.25 bits per heavy atom. The highest BCUT2D eigenvalue weighted by atomic mass is 16.6. The van der Waals surface area contributed by atoms with Crippen LogP contribution in [0.3, 0.4) is 0 Å². The highest BCUT2D eigenvalue weighted by Gasteiger charge is 2.38. The van der Waals surface area contributed by atoms with Gasteiger partial charge in [-0.15, -0.1) is 0 Å². The van der Waals surface area contributed by atoms with E-state index in [4.69, 9.17) is 4.74 Å². The van der Waals surface area contributed by atoms with Crippen LogP contribution in [0.25, 0.3) is 0 Å². The minimum atomic E-state index is -0.641. The maximum absolute atomic E-state index is 12.4. The lowest BCUT2D eigenvalue weighted by Gasteiger charge is -2.20. The molecule has 2 aromatic heterocycles. The summed E-state index contributed by atoms with van der Waals surface area (Å²) in [5.74, 6) is 0.464. The van der Waals surface area contributed by atoms with E-state index in [1.807, 2.05) is 29.8 Å². The number of nitrogens with zero attached hydrogens (tertiary/aromatic N) is 4. The molecule has 0 aromatic carbocycles. The number of nitrogens with one attached hydrogen (secondary N) is 1. The molecule has 1 aliphatic rings. The number of hydrogen-bond acceptors (Lipinski definition) is 5. The Kier molecular flexibility index (Phi) is 4.74. The number of carbonyl (C=O) groups is 2. The van der Waals surface area contributed by atoms with Crippen LogP contribution < -0.4 is 5.32 Å². The molecule has 1 fully saturated rings. The van der Waals surface area contributed by atoms with E-state index < -0.39 is 12.1 Å². The Labute approximate surface area is 139 Å². The van der Waals surface area contributed by atoms with E-state index in [9.17, 15) is 9.59 Å². The number of pyridine rings is 1. The second-order valence-electron chi connectivity index (χ2n) is 5.54. The Balaban J connectivity index is 1.56. The summed E-state index contributed by atoms with van der Waals surface area (Å²) >= 11 is 0. The van der Waals surface area contributed by atoms with E-state index in [2.05, 4.69) is 15.3 Å². The maximum atomic E-state index is 12.4. The average Bonchev–Trinajstić information content (AvgIpc) is 3.15. The number of hydrogen-bond donors (Lipinski definition) is 1. The molecule has 126 valence electrons. The zero-order chi connectivity index (χ0) is 16.9. The molecule has 8 heteroatoms. The summed E-state index contributed by atoms with van der Waals surface area (Å²) in [5, 5.41) is 2.84. The number of rotatable bonds is 6. The molecular weight excluding hydrogens is 310 g/mol. The number of aryl methyl sites for hydroxylation is 1. The van der Waals surface area contributed by atoms with Gasteiger partial charge >= 0.3 is 6.09 Å². The monoisotopic (exact) mass is 329 g/mol. The predicted octanol–water partition coefficient (Wildman–Crippen LogP) is 0.495. The van der Waals surface area contributed by atoms with Gasteiger partial charge < -0.3 is 14.6 Å². The van der Waals surface area contributed by atoms with Gasteiger partial charge in [-0.1, -0.05) is 6.07 Å². The third-order valence-corrected chi connectivity index (χ3v) is 3.92. The van der Waals surface area contributed by atoms with E-state index in [1.54, 1.807) is 18.6 Å². The van der Waals surface area contributed by atoms with Gasteiger partial charge in [-0.2, -0.15) is 0 Å². The topological polar surface area (TPSA) is 89.4 Å². The van der Waals surface area contributed by atoms with Crippen molar-refractivity contribution in [3.8, 4) is 0 Å². The van der Waals surface area contributed by atoms with Gasteiger partial charge in [0.15, 0.2) is 0 Å². The van der Waals surface area contributed by atoms with Crippen LogP contribution >= 0.6 is 0 Å². The molecule has 3 heterocycles. The number of aromatic nitrogens is 3. The van der Waals surface area contributed by atoms with Crippen LogP contribution in [0.5, 0.6) is 0 Å². The average molecular weight is 329 g/mol. The largest absolute Gasteiger partial charge is 0.447 e. The minimum Gasteiger partial charge on any atom is -0.447 e. The quantitative estimate of drug-likeness (QED) is 0.833. The van der Waals surface area contributed by atoms with Crippen molar-refractivity contribution in [2.75, 3.05) is 13.2 Å². The molecular formula is C16H19N5O3. The molecule has 0 saturated carbocycles. The standard InChI is InChI=1S/C16H19N5O3/c1-20-9-8-18-14(20)10-21-13(11-24-16(21)23)15(22)19-7-5-12-4-2-3-6-17-12/h2-4,6,8-9,13H,5,7,10-11H2,1H3,(H,19,22)/t13-/m0/s1. The van der Waals surface area contributed by atoms with E-state index >= 15 is 0 Å². The molecule has 1 N–H and O–H groups in total. The van der Waals surface area contributed by atoms with E-state index in [0.717, 1.165) is 5.69 Å². The first-order chi connectivity index (χ1) is 11.6. The number of imidazole rings is 1. The molecule has 0 aliphatic carbocycles. The minimum absolute atomic E-state index is 0.0542. The predicted molar refractivity (Wildman–Crippen MR) is 84.8 cm³/mol. The molecule has 3 rings (SSSR count). The van der Waals surface area contributed by atoms with Crippen molar-refractivity contribution >= 4 is 12.0 Å². The third-order valence-electron chi connectivity index (χ3n) is 3.92. The zero-order valence-corrected chi connectivity index (χ0v) is 13.4. The van der Waals surface area contributed by atoms with Gasteiger partial charge in [0.25, 0.3) is 0 Å². The normalized spacial score (nSPS) is 17.0. The second kappa shape index (κ2) is 7.12. The molecule has 8 nitrogen and oxygen atoms in total. The summed E-state index contributed by atoms with van der Waals surface area (Å²) in [4.78, 5) is 34.1. The fourth-order valence-electron chi connectivity index (χ4n) is 2.52. The van der Waals surface area contributed by atoms with E-state index in [-0.39, 0.29) is 19.1 Å². The van der Waals surface area contributed by atoms with Crippen molar-refractivity contribution in [3.63, 3.8) is 0 Å². The third kappa shape index (κ3) is 3.53. The Bertz CT molecular complexity index is 716. The van der Waals surface area contributed by atoms with Crippen molar-refractivity contribution in [3.05, 3.63) is 48.3 Å². The first-order valence-corrected chi connectivity index (χ1v) is 7.72. The number of amides is 2. The van der Waals surface area contributed by atoms with Crippen LogP contribution in [0.2, 0.25) is 0 Å². The van der Waals surface area contributed by atoms with Crippen LogP contribution in [-0.2, 0) is 29.5 Å². The Hall–Kier alpha value is -2.90. The van der Waals surface area contributed by atoms with Gasteiger partial charge in [-0.25, -0.2) is 9.78 Å². The first kappa shape index (κ1) is 16.0. The van der Waals surface area contributed by atoms with Gasteiger partial charge in [0, 0.05) is 44.3 Å². The van der Waals surface area contributed by atoms with Crippen LogP contribution in [0, 0.1) is 0 Å². The van der Waals surface area contributed by atoms with Gasteiger partial charge in [-0.3, -0.25) is 14.7 Å². The number of cyclic esters (lactones) is 1. The Morgan fingerprint density at radius 3 is 2.96 bits per heavy atom. The van der Waals surface area contributed by atoms with Crippen molar-refractivity contribution in [2.45, 2.75) is 19.0 Å². The summed E-state index contributed by atoms with van der Waals surface area (Å²) in [6, 6.07) is 5.01. The molecule has 2 amide bonds. The SMILES string of the molecule is Cn1ccnc1CN1C(=O)OC[C@H]1C(=O)NCCc1ccccn1. The summed E-state index contributed by atoms with van der Waals surface area (Å²) in [6.45, 7) is 0.746. The molecule has 1 saturated heterocycles.